The second-order valence-corrected chi connectivity index (χ2v) is 9.91. The third kappa shape index (κ3) is 5.03. The number of ether oxygens (including phenoxy) is 1. The van der Waals surface area contributed by atoms with Gasteiger partial charge in [-0.25, -0.2) is 22.4 Å². The number of hydrogen-bond donors (Lipinski definition) is 1. The predicted octanol–water partition coefficient (Wildman–Crippen LogP) is 2.85. The highest BCUT2D eigenvalue weighted by Gasteiger charge is 2.43. The van der Waals surface area contributed by atoms with Crippen LogP contribution in [0.15, 0.2) is 58.6 Å². The van der Waals surface area contributed by atoms with E-state index in [-0.39, 0.29) is 33.9 Å². The van der Waals surface area contributed by atoms with Gasteiger partial charge in [0.05, 0.1) is 40.4 Å². The Kier molecular flexibility index (Phi) is 7.57. The van der Waals surface area contributed by atoms with Crippen LogP contribution in [0.25, 0.3) is 0 Å². The molecule has 1 heterocycles. The summed E-state index contributed by atoms with van der Waals surface area (Å²) in [6.45, 7) is -0.0143. The molecular weight excluding hydrogens is 477 g/mol. The number of nitriles is 1. The molecule has 184 valence electrons. The van der Waals surface area contributed by atoms with Crippen LogP contribution in [-0.2, 0) is 26.0 Å². The maximum Gasteiger partial charge on any atom is 0.338 e. The highest BCUT2D eigenvalue weighted by molar-refractivity contribution is 7.90. The summed E-state index contributed by atoms with van der Waals surface area (Å²) in [5, 5.41) is 18.4. The lowest BCUT2D eigenvalue weighted by atomic mass is 9.92. The number of likely N-dealkylation sites (N-methyl/N-ethyl adjacent to an activating group) is 1. The molecule has 2 amide bonds. The van der Waals surface area contributed by atoms with Gasteiger partial charge in [-0.3, -0.25) is 4.90 Å². The maximum atomic E-state index is 13.5. The van der Waals surface area contributed by atoms with Crippen molar-refractivity contribution in [2.45, 2.75) is 24.5 Å². The Balaban J connectivity index is 2.31. The monoisotopic (exact) mass is 501 g/mol. The van der Waals surface area contributed by atoms with E-state index < -0.39 is 41.2 Å². The number of rotatable bonds is 7. The molecule has 0 saturated carbocycles. The van der Waals surface area contributed by atoms with Gasteiger partial charge < -0.3 is 14.7 Å². The number of allylic oxidation sites excluding steroid dienone is 1. The van der Waals surface area contributed by atoms with Crippen molar-refractivity contribution in [3.05, 3.63) is 70.4 Å². The van der Waals surface area contributed by atoms with Crippen molar-refractivity contribution < 1.29 is 32.2 Å². The summed E-state index contributed by atoms with van der Waals surface area (Å²) in [6, 6.07) is 10.3. The summed E-state index contributed by atoms with van der Waals surface area (Å²) in [7, 11) is -2.48. The third-order valence-electron chi connectivity index (χ3n) is 5.58. The fourth-order valence-electron chi connectivity index (χ4n) is 4.00. The molecule has 2 aromatic carbocycles. The number of carbonyl (C=O) groups excluding carboxylic acids is 2. The minimum absolute atomic E-state index is 0.0409. The molecule has 0 aromatic heterocycles. The second-order valence-electron chi connectivity index (χ2n) is 7.93. The highest BCUT2D eigenvalue weighted by Crippen LogP contribution is 2.41. The van der Waals surface area contributed by atoms with Gasteiger partial charge in [-0.1, -0.05) is 18.2 Å². The molecule has 35 heavy (non-hydrogen) atoms. The molecule has 0 aliphatic carbocycles. The molecule has 2 aromatic rings. The second kappa shape index (κ2) is 10.2. The van der Waals surface area contributed by atoms with Crippen molar-refractivity contribution in [1.82, 2.24) is 4.90 Å². The quantitative estimate of drug-likeness (QED) is 0.578. The van der Waals surface area contributed by atoms with Gasteiger partial charge in [0.25, 0.3) is 0 Å². The van der Waals surface area contributed by atoms with Crippen LogP contribution >= 0.6 is 0 Å². The molecule has 0 radical (unpaired) electrons. The number of halogens is 1. The van der Waals surface area contributed by atoms with Gasteiger partial charge >= 0.3 is 12.0 Å². The first kappa shape index (κ1) is 25.9. The number of aliphatic hydroxyl groups excluding tert-OH is 1. The Labute approximate surface area is 202 Å². The zero-order chi connectivity index (χ0) is 25.9. The van der Waals surface area contributed by atoms with Crippen LogP contribution in [0.4, 0.5) is 14.9 Å². The van der Waals surface area contributed by atoms with Gasteiger partial charge in [-0.2, -0.15) is 5.26 Å². The summed E-state index contributed by atoms with van der Waals surface area (Å²) in [6.07, 6.45) is 0.965. The fourth-order valence-corrected chi connectivity index (χ4v) is 4.95. The van der Waals surface area contributed by atoms with E-state index in [1.807, 2.05) is 6.07 Å². The molecule has 0 spiro atoms. The highest BCUT2D eigenvalue weighted by atomic mass is 32.2. The molecule has 0 fully saturated rings. The first-order chi connectivity index (χ1) is 16.5. The molecule has 11 heteroatoms. The number of benzene rings is 2. The minimum atomic E-state index is -3.87. The van der Waals surface area contributed by atoms with Crippen LogP contribution in [0.1, 0.15) is 29.7 Å². The van der Waals surface area contributed by atoms with E-state index in [1.165, 1.54) is 48.0 Å². The van der Waals surface area contributed by atoms with E-state index in [9.17, 15) is 27.7 Å². The van der Waals surface area contributed by atoms with Crippen molar-refractivity contribution >= 4 is 27.5 Å². The normalized spacial score (nSPS) is 16.3. The summed E-state index contributed by atoms with van der Waals surface area (Å²) >= 11 is 0. The Morgan fingerprint density at radius 2 is 1.97 bits per heavy atom. The zero-order valence-corrected chi connectivity index (χ0v) is 20.2. The number of anilines is 1. The number of aliphatic hydroxyl groups is 1. The number of carbonyl (C=O) groups is 2. The van der Waals surface area contributed by atoms with E-state index in [1.54, 1.807) is 18.2 Å². The molecule has 9 nitrogen and oxygen atoms in total. The summed E-state index contributed by atoms with van der Waals surface area (Å²) in [4.78, 5) is 28.9. The lowest BCUT2D eigenvalue weighted by molar-refractivity contribution is -0.140. The predicted molar refractivity (Wildman–Crippen MR) is 125 cm³/mol. The van der Waals surface area contributed by atoms with Gasteiger partial charge in [0, 0.05) is 19.0 Å². The van der Waals surface area contributed by atoms with Crippen molar-refractivity contribution in [2.24, 2.45) is 0 Å². The Bertz CT molecular complexity index is 1350. The average molecular weight is 502 g/mol. The number of amides is 2. The van der Waals surface area contributed by atoms with E-state index >= 15 is 0 Å². The van der Waals surface area contributed by atoms with E-state index in [0.29, 0.717) is 11.3 Å². The topological polar surface area (TPSA) is 128 Å². The summed E-state index contributed by atoms with van der Waals surface area (Å²) < 4.78 is 43.7. The summed E-state index contributed by atoms with van der Waals surface area (Å²) in [5.41, 5.74) is 0.942. The fraction of sp³-hybridized carbons (Fsp3) is 0.292. The van der Waals surface area contributed by atoms with Crippen molar-refractivity contribution in [1.29, 1.82) is 5.26 Å². The number of hydrogen-bond acceptors (Lipinski definition) is 7. The largest absolute Gasteiger partial charge is 0.460 e. The SMILES string of the molecule is CC1=C(C(=O)OCCO)[C@@H](c2ccc(C#N)cc2S(C)(=O)=O)N(C)C(=O)N1c1cccc(CF)c1. The lowest BCUT2D eigenvalue weighted by Crippen LogP contribution is -2.49. The van der Waals surface area contributed by atoms with Gasteiger partial charge in [-0.05, 0) is 42.3 Å². The Hall–Kier alpha value is -3.75. The Morgan fingerprint density at radius 3 is 2.57 bits per heavy atom. The van der Waals surface area contributed by atoms with Gasteiger partial charge in [-0.15, -0.1) is 0 Å². The number of nitrogens with zero attached hydrogens (tertiary/aromatic N) is 3. The molecule has 0 saturated heterocycles. The average Bonchev–Trinajstić information content (AvgIpc) is 2.84. The van der Waals surface area contributed by atoms with E-state index in [4.69, 9.17) is 9.84 Å². The first-order valence-corrected chi connectivity index (χ1v) is 12.4. The third-order valence-corrected chi connectivity index (χ3v) is 6.74. The minimum Gasteiger partial charge on any atom is -0.460 e. The molecule has 0 bridgehead atoms. The van der Waals surface area contributed by atoms with Crippen molar-refractivity contribution in [3.8, 4) is 6.07 Å². The van der Waals surface area contributed by atoms with Crippen LogP contribution in [0.2, 0.25) is 0 Å². The zero-order valence-electron chi connectivity index (χ0n) is 19.4. The number of alkyl halides is 1. The number of urea groups is 1. The first-order valence-electron chi connectivity index (χ1n) is 10.5. The summed E-state index contributed by atoms with van der Waals surface area (Å²) in [5.74, 6) is -0.864. The molecule has 1 aliphatic rings. The smallest absolute Gasteiger partial charge is 0.338 e. The van der Waals surface area contributed by atoms with Crippen LogP contribution in [-0.4, -0.2) is 56.9 Å². The molecule has 1 N–H and O–H groups in total. The molecule has 0 unspecified atom stereocenters. The Morgan fingerprint density at radius 1 is 1.26 bits per heavy atom. The van der Waals surface area contributed by atoms with E-state index in [2.05, 4.69) is 0 Å². The van der Waals surface area contributed by atoms with Gasteiger partial charge in [0.15, 0.2) is 9.84 Å². The standard InChI is InChI=1S/C24H24FN3O6S/c1-15-21(23(30)34-10-9-29)22(19-8-7-17(14-26)12-20(19)35(3,32)33)27(2)24(31)28(15)18-6-4-5-16(11-18)13-25/h4-8,11-12,22,29H,9-10,13H2,1-3H3/t22-/m1/s1. The molecule has 1 aliphatic heterocycles. The number of sulfone groups is 1. The molecular formula is C24H24FN3O6S. The van der Waals surface area contributed by atoms with E-state index in [0.717, 1.165) is 6.26 Å². The van der Waals surface area contributed by atoms with Crippen LogP contribution in [0, 0.1) is 11.3 Å². The van der Waals surface area contributed by atoms with Crippen LogP contribution in [0.3, 0.4) is 0 Å². The van der Waals surface area contributed by atoms with Gasteiger partial charge in [0.2, 0.25) is 0 Å². The molecule has 3 rings (SSSR count). The van der Waals surface area contributed by atoms with Crippen LogP contribution in [0.5, 0.6) is 0 Å². The van der Waals surface area contributed by atoms with Gasteiger partial charge in [0.1, 0.15) is 13.3 Å². The maximum absolute atomic E-state index is 13.5. The number of esters is 1. The molecule has 1 atom stereocenters. The van der Waals surface area contributed by atoms with Crippen molar-refractivity contribution in [2.75, 3.05) is 31.4 Å². The van der Waals surface area contributed by atoms with Crippen LogP contribution < -0.4 is 4.90 Å². The van der Waals surface area contributed by atoms with Crippen molar-refractivity contribution in [3.63, 3.8) is 0 Å². The lowest BCUT2D eigenvalue weighted by Gasteiger charge is -2.41.